The number of hydrogen-bond donors (Lipinski definition) is 2. The van der Waals surface area contributed by atoms with Crippen molar-refractivity contribution >= 4 is 12.0 Å². The van der Waals surface area contributed by atoms with Crippen molar-refractivity contribution in [1.29, 1.82) is 0 Å². The van der Waals surface area contributed by atoms with E-state index in [1.54, 1.807) is 4.90 Å². The zero-order chi connectivity index (χ0) is 15.3. The first kappa shape index (κ1) is 16.8. The first-order valence-corrected chi connectivity index (χ1v) is 7.17. The van der Waals surface area contributed by atoms with Crippen LogP contribution in [0.1, 0.15) is 34.1 Å². The van der Waals surface area contributed by atoms with Gasteiger partial charge in [0.2, 0.25) is 0 Å². The van der Waals surface area contributed by atoms with Gasteiger partial charge in [-0.05, 0) is 18.8 Å². The summed E-state index contributed by atoms with van der Waals surface area (Å²) < 4.78 is 5.23. The van der Waals surface area contributed by atoms with E-state index in [0.717, 1.165) is 6.42 Å². The van der Waals surface area contributed by atoms with Crippen molar-refractivity contribution < 1.29 is 19.4 Å². The van der Waals surface area contributed by atoms with E-state index in [2.05, 4.69) is 26.1 Å². The molecule has 1 heterocycles. The molecular formula is C14H26N2O4. The fraction of sp³-hybridized carbons (Fsp3) is 0.857. The minimum absolute atomic E-state index is 0.0352. The second kappa shape index (κ2) is 6.92. The molecule has 1 aliphatic heterocycles. The van der Waals surface area contributed by atoms with Crippen LogP contribution in [0, 0.1) is 11.3 Å². The van der Waals surface area contributed by atoms with Gasteiger partial charge in [0, 0.05) is 13.1 Å². The Morgan fingerprint density at radius 3 is 2.50 bits per heavy atom. The monoisotopic (exact) mass is 286 g/mol. The van der Waals surface area contributed by atoms with Gasteiger partial charge in [-0.3, -0.25) is 4.79 Å². The van der Waals surface area contributed by atoms with Crippen LogP contribution < -0.4 is 5.32 Å². The third kappa shape index (κ3) is 4.10. The van der Waals surface area contributed by atoms with Crippen LogP contribution in [0.15, 0.2) is 0 Å². The second-order valence-electron chi connectivity index (χ2n) is 6.01. The summed E-state index contributed by atoms with van der Waals surface area (Å²) in [6, 6.07) is -0.599. The predicted molar refractivity (Wildman–Crippen MR) is 75.6 cm³/mol. The SMILES string of the molecule is CCN(C(=O)NCC(C)(C)CC)C1COCC1C(=O)O. The molecule has 1 saturated heterocycles. The van der Waals surface area contributed by atoms with Gasteiger partial charge < -0.3 is 20.1 Å². The number of carbonyl (C=O) groups excluding carboxylic acids is 1. The molecule has 0 aromatic rings. The minimum atomic E-state index is -0.910. The molecule has 1 fully saturated rings. The molecule has 0 radical (unpaired) electrons. The number of nitrogens with zero attached hydrogens (tertiary/aromatic N) is 1. The summed E-state index contributed by atoms with van der Waals surface area (Å²) in [7, 11) is 0. The highest BCUT2D eigenvalue weighted by atomic mass is 16.5. The summed E-state index contributed by atoms with van der Waals surface area (Å²) in [6.07, 6.45) is 0.962. The Morgan fingerprint density at radius 1 is 1.35 bits per heavy atom. The second-order valence-corrected chi connectivity index (χ2v) is 6.01. The molecule has 0 spiro atoms. The van der Waals surface area contributed by atoms with E-state index in [1.165, 1.54) is 0 Å². The number of carboxylic acids is 1. The van der Waals surface area contributed by atoms with Gasteiger partial charge in [0.1, 0.15) is 5.92 Å². The highest BCUT2D eigenvalue weighted by Gasteiger charge is 2.39. The van der Waals surface area contributed by atoms with Crippen LogP contribution in [0.25, 0.3) is 0 Å². The summed E-state index contributed by atoms with van der Waals surface area (Å²) in [4.78, 5) is 25.0. The summed E-state index contributed by atoms with van der Waals surface area (Å²) in [5, 5.41) is 12.1. The number of aliphatic carboxylic acids is 1. The number of likely N-dealkylation sites (N-methyl/N-ethyl adjacent to an activating group) is 1. The zero-order valence-corrected chi connectivity index (χ0v) is 12.8. The van der Waals surface area contributed by atoms with Crippen LogP contribution in [-0.4, -0.2) is 54.4 Å². The molecule has 0 aromatic carbocycles. The van der Waals surface area contributed by atoms with Gasteiger partial charge in [-0.25, -0.2) is 4.79 Å². The summed E-state index contributed by atoms with van der Waals surface area (Å²) >= 11 is 0. The molecule has 2 unspecified atom stereocenters. The van der Waals surface area contributed by atoms with Crippen molar-refractivity contribution in [2.45, 2.75) is 40.2 Å². The maximum atomic E-state index is 12.3. The van der Waals surface area contributed by atoms with Gasteiger partial charge in [-0.2, -0.15) is 0 Å². The molecule has 1 aliphatic rings. The van der Waals surface area contributed by atoms with E-state index in [-0.39, 0.29) is 30.7 Å². The van der Waals surface area contributed by atoms with E-state index >= 15 is 0 Å². The van der Waals surface area contributed by atoms with Gasteiger partial charge in [0.15, 0.2) is 0 Å². The molecule has 6 nitrogen and oxygen atoms in total. The number of carbonyl (C=O) groups is 2. The average molecular weight is 286 g/mol. The summed E-state index contributed by atoms with van der Waals surface area (Å²) in [6.45, 7) is 9.60. The molecule has 0 aromatic heterocycles. The molecule has 2 atom stereocenters. The van der Waals surface area contributed by atoms with E-state index in [0.29, 0.717) is 13.1 Å². The van der Waals surface area contributed by atoms with Crippen LogP contribution >= 0.6 is 0 Å². The largest absolute Gasteiger partial charge is 0.481 e. The summed E-state index contributed by atoms with van der Waals surface area (Å²) in [5.74, 6) is -1.55. The highest BCUT2D eigenvalue weighted by molar-refractivity contribution is 5.77. The number of carboxylic acid groups (broad SMARTS) is 1. The standard InChI is InChI=1S/C14H26N2O4/c1-5-14(3,4)9-15-13(19)16(6-2)11-8-20-7-10(11)12(17)18/h10-11H,5-9H2,1-4H3,(H,15,19)(H,17,18). The Hall–Kier alpha value is -1.30. The number of ether oxygens (including phenoxy) is 1. The van der Waals surface area contributed by atoms with Gasteiger partial charge in [0.25, 0.3) is 0 Å². The minimum Gasteiger partial charge on any atom is -0.481 e. The van der Waals surface area contributed by atoms with E-state index in [9.17, 15) is 9.59 Å². The summed E-state index contributed by atoms with van der Waals surface area (Å²) in [5.41, 5.74) is 0.0352. The van der Waals surface area contributed by atoms with E-state index in [1.807, 2.05) is 6.92 Å². The van der Waals surface area contributed by atoms with Crippen LogP contribution in [0.3, 0.4) is 0 Å². The molecular weight excluding hydrogens is 260 g/mol. The Bertz CT molecular complexity index is 357. The Kier molecular flexibility index (Phi) is 5.80. The lowest BCUT2D eigenvalue weighted by atomic mass is 9.90. The van der Waals surface area contributed by atoms with Crippen molar-refractivity contribution in [2.24, 2.45) is 11.3 Å². The van der Waals surface area contributed by atoms with Gasteiger partial charge in [0.05, 0.1) is 19.3 Å². The lowest BCUT2D eigenvalue weighted by Gasteiger charge is -2.31. The fourth-order valence-corrected chi connectivity index (χ4v) is 2.16. The first-order valence-electron chi connectivity index (χ1n) is 7.17. The average Bonchev–Trinajstić information content (AvgIpc) is 2.87. The third-order valence-electron chi connectivity index (χ3n) is 4.04. The number of rotatable bonds is 6. The number of urea groups is 1. The van der Waals surface area contributed by atoms with E-state index < -0.39 is 11.9 Å². The van der Waals surface area contributed by atoms with Gasteiger partial charge >= 0.3 is 12.0 Å². The zero-order valence-electron chi connectivity index (χ0n) is 12.8. The molecule has 0 saturated carbocycles. The third-order valence-corrected chi connectivity index (χ3v) is 4.04. The molecule has 2 amide bonds. The number of nitrogens with one attached hydrogen (secondary N) is 1. The van der Waals surface area contributed by atoms with Crippen molar-refractivity contribution in [3.05, 3.63) is 0 Å². The maximum Gasteiger partial charge on any atom is 0.317 e. The Balaban J connectivity index is 2.65. The van der Waals surface area contributed by atoms with Crippen LogP contribution in [0.5, 0.6) is 0 Å². The highest BCUT2D eigenvalue weighted by Crippen LogP contribution is 2.21. The smallest absolute Gasteiger partial charge is 0.317 e. The molecule has 0 bridgehead atoms. The van der Waals surface area contributed by atoms with Gasteiger partial charge in [-0.15, -0.1) is 0 Å². The van der Waals surface area contributed by atoms with Crippen LogP contribution in [-0.2, 0) is 9.53 Å². The predicted octanol–water partition coefficient (Wildman–Crippen LogP) is 1.55. The molecule has 6 heteroatoms. The maximum absolute atomic E-state index is 12.3. The molecule has 116 valence electrons. The van der Waals surface area contributed by atoms with Crippen molar-refractivity contribution in [2.75, 3.05) is 26.3 Å². The molecule has 0 aliphatic carbocycles. The Labute approximate surface area is 120 Å². The van der Waals surface area contributed by atoms with Crippen LogP contribution in [0.2, 0.25) is 0 Å². The molecule has 2 N–H and O–H groups in total. The van der Waals surface area contributed by atoms with Crippen molar-refractivity contribution in [1.82, 2.24) is 10.2 Å². The van der Waals surface area contributed by atoms with Crippen LogP contribution in [0.4, 0.5) is 4.79 Å². The van der Waals surface area contributed by atoms with Gasteiger partial charge in [-0.1, -0.05) is 20.8 Å². The molecule has 1 rings (SSSR count). The normalized spacial score (nSPS) is 22.6. The number of amides is 2. The Morgan fingerprint density at radius 2 is 2.00 bits per heavy atom. The number of hydrogen-bond acceptors (Lipinski definition) is 3. The fourth-order valence-electron chi connectivity index (χ4n) is 2.16. The first-order chi connectivity index (χ1) is 9.32. The van der Waals surface area contributed by atoms with Crippen molar-refractivity contribution in [3.8, 4) is 0 Å². The quantitative estimate of drug-likeness (QED) is 0.776. The van der Waals surface area contributed by atoms with E-state index in [4.69, 9.17) is 9.84 Å². The van der Waals surface area contributed by atoms with Crippen molar-refractivity contribution in [3.63, 3.8) is 0 Å². The lowest BCUT2D eigenvalue weighted by molar-refractivity contribution is -0.142. The molecule has 20 heavy (non-hydrogen) atoms. The lowest BCUT2D eigenvalue weighted by Crippen LogP contribution is -2.51. The topological polar surface area (TPSA) is 78.9 Å².